The molecule has 0 aromatic rings. The molecule has 1 aliphatic rings. The molecule has 0 radical (unpaired) electrons. The van der Waals surface area contributed by atoms with Crippen molar-refractivity contribution in [3.05, 3.63) is 12.7 Å². The van der Waals surface area contributed by atoms with Crippen LogP contribution in [0.5, 0.6) is 0 Å². The molecule has 24 heavy (non-hydrogen) atoms. The number of hydrogen-bond donors (Lipinski definition) is 1. The van der Waals surface area contributed by atoms with Gasteiger partial charge in [0.15, 0.2) is 0 Å². The number of aliphatic hydroxyl groups excluding tert-OH is 1. The maximum absolute atomic E-state index is 12.8. The van der Waals surface area contributed by atoms with Gasteiger partial charge in [0.1, 0.15) is 5.60 Å². The zero-order chi connectivity index (χ0) is 18.2. The van der Waals surface area contributed by atoms with E-state index in [1.807, 2.05) is 31.7 Å². The van der Waals surface area contributed by atoms with Gasteiger partial charge in [-0.1, -0.05) is 19.4 Å². The summed E-state index contributed by atoms with van der Waals surface area (Å²) in [4.78, 5) is 14.7. The van der Waals surface area contributed by atoms with Crippen LogP contribution in [0, 0.1) is 11.8 Å². The molecule has 0 heterocycles. The van der Waals surface area contributed by atoms with Crippen LogP contribution in [0.15, 0.2) is 12.7 Å². The summed E-state index contributed by atoms with van der Waals surface area (Å²) in [6, 6.07) is 0.156. The Kier molecular flexibility index (Phi) is 8.82. The van der Waals surface area contributed by atoms with E-state index in [-0.39, 0.29) is 18.7 Å². The molecular formula is C20H37NO3. The predicted molar refractivity (Wildman–Crippen MR) is 99.0 cm³/mol. The summed E-state index contributed by atoms with van der Waals surface area (Å²) in [5.41, 5.74) is -0.477. The molecule has 1 saturated carbocycles. The van der Waals surface area contributed by atoms with Crippen LogP contribution in [0.3, 0.4) is 0 Å². The number of carbonyl (C=O) groups excluding carboxylic acids is 1. The van der Waals surface area contributed by atoms with Crippen LogP contribution in [0.2, 0.25) is 0 Å². The van der Waals surface area contributed by atoms with Gasteiger partial charge in [-0.2, -0.15) is 0 Å². The van der Waals surface area contributed by atoms with Crippen molar-refractivity contribution >= 4 is 6.09 Å². The minimum atomic E-state index is -0.477. The average molecular weight is 340 g/mol. The molecule has 1 unspecified atom stereocenters. The zero-order valence-corrected chi connectivity index (χ0v) is 16.1. The minimum Gasteiger partial charge on any atom is -0.444 e. The second-order valence-electron chi connectivity index (χ2n) is 8.08. The summed E-state index contributed by atoms with van der Waals surface area (Å²) in [6.07, 6.45) is 8.78. The van der Waals surface area contributed by atoms with Crippen molar-refractivity contribution in [2.75, 3.05) is 13.2 Å². The summed E-state index contributed by atoms with van der Waals surface area (Å²) in [7, 11) is 0. The van der Waals surface area contributed by atoms with E-state index >= 15 is 0 Å². The highest BCUT2D eigenvalue weighted by Gasteiger charge is 2.34. The first-order valence-electron chi connectivity index (χ1n) is 9.53. The van der Waals surface area contributed by atoms with E-state index in [0.717, 1.165) is 51.5 Å². The van der Waals surface area contributed by atoms with Crippen molar-refractivity contribution in [2.45, 2.75) is 84.3 Å². The Morgan fingerprint density at radius 2 is 1.96 bits per heavy atom. The van der Waals surface area contributed by atoms with Crippen LogP contribution in [-0.2, 0) is 4.74 Å². The highest BCUT2D eigenvalue weighted by Crippen LogP contribution is 2.34. The van der Waals surface area contributed by atoms with E-state index in [0.29, 0.717) is 11.8 Å². The lowest BCUT2D eigenvalue weighted by molar-refractivity contribution is 0.00457. The van der Waals surface area contributed by atoms with Gasteiger partial charge in [-0.25, -0.2) is 4.79 Å². The third-order valence-electron chi connectivity index (χ3n) is 4.88. The summed E-state index contributed by atoms with van der Waals surface area (Å²) in [5, 5.41) is 9.36. The molecule has 0 aromatic carbocycles. The molecule has 0 saturated heterocycles. The van der Waals surface area contributed by atoms with Gasteiger partial charge in [0.25, 0.3) is 0 Å². The quantitative estimate of drug-likeness (QED) is 0.648. The van der Waals surface area contributed by atoms with E-state index in [2.05, 4.69) is 13.5 Å². The van der Waals surface area contributed by atoms with Crippen molar-refractivity contribution in [1.82, 2.24) is 4.90 Å². The van der Waals surface area contributed by atoms with Crippen LogP contribution in [0.25, 0.3) is 0 Å². The van der Waals surface area contributed by atoms with Gasteiger partial charge in [-0.3, -0.25) is 0 Å². The van der Waals surface area contributed by atoms with Gasteiger partial charge in [0.05, 0.1) is 0 Å². The highest BCUT2D eigenvalue weighted by atomic mass is 16.6. The van der Waals surface area contributed by atoms with Crippen LogP contribution in [0.4, 0.5) is 4.79 Å². The molecule has 0 aromatic heterocycles. The Bertz CT molecular complexity index is 381. The number of aliphatic hydroxyl groups is 1. The summed E-state index contributed by atoms with van der Waals surface area (Å²) >= 11 is 0. The molecule has 4 heteroatoms. The maximum atomic E-state index is 12.8. The van der Waals surface area contributed by atoms with Gasteiger partial charge >= 0.3 is 6.09 Å². The van der Waals surface area contributed by atoms with E-state index in [1.165, 1.54) is 0 Å². The highest BCUT2D eigenvalue weighted by molar-refractivity contribution is 5.68. The third-order valence-corrected chi connectivity index (χ3v) is 4.88. The normalized spacial score (nSPS) is 22.7. The number of carbonyl (C=O) groups is 1. The number of unbranched alkanes of at least 4 members (excludes halogenated alkanes) is 1. The van der Waals surface area contributed by atoms with Crippen molar-refractivity contribution in [1.29, 1.82) is 0 Å². The maximum Gasteiger partial charge on any atom is 0.410 e. The molecule has 4 nitrogen and oxygen atoms in total. The first kappa shape index (κ1) is 21.0. The Balaban J connectivity index is 2.87. The molecule has 0 bridgehead atoms. The second kappa shape index (κ2) is 10.1. The molecular weight excluding hydrogens is 302 g/mol. The summed E-state index contributed by atoms with van der Waals surface area (Å²) in [6.45, 7) is 12.8. The second-order valence-corrected chi connectivity index (χ2v) is 8.08. The Morgan fingerprint density at radius 1 is 1.33 bits per heavy atom. The predicted octanol–water partition coefficient (Wildman–Crippen LogP) is 4.77. The molecule has 1 aliphatic carbocycles. The zero-order valence-electron chi connectivity index (χ0n) is 16.1. The van der Waals surface area contributed by atoms with Crippen molar-refractivity contribution in [3.63, 3.8) is 0 Å². The molecule has 140 valence electrons. The monoisotopic (exact) mass is 339 g/mol. The number of amides is 1. The standard InChI is InChI=1S/C20H37NO3/c1-6-8-14-21(19(23)24-20(3,4)5)18(9-7-2)17-12-10-16(15-22)11-13-17/h7,16-18,22H,2,6,8-15H2,1,3-5H3. The van der Waals surface area contributed by atoms with Crippen LogP contribution in [0.1, 0.15) is 72.6 Å². The number of ether oxygens (including phenoxy) is 1. The molecule has 1 atom stereocenters. The topological polar surface area (TPSA) is 49.8 Å². The first-order valence-corrected chi connectivity index (χ1v) is 9.53. The number of rotatable bonds is 8. The van der Waals surface area contributed by atoms with Gasteiger partial charge < -0.3 is 14.7 Å². The minimum absolute atomic E-state index is 0.156. The van der Waals surface area contributed by atoms with Gasteiger partial charge in [-0.05, 0) is 71.1 Å². The van der Waals surface area contributed by atoms with Crippen LogP contribution < -0.4 is 0 Å². The van der Waals surface area contributed by atoms with Crippen molar-refractivity contribution in [3.8, 4) is 0 Å². The molecule has 1 fully saturated rings. The average Bonchev–Trinajstić information content (AvgIpc) is 2.52. The van der Waals surface area contributed by atoms with Crippen LogP contribution >= 0.6 is 0 Å². The largest absolute Gasteiger partial charge is 0.444 e. The summed E-state index contributed by atoms with van der Waals surface area (Å²) < 4.78 is 5.67. The van der Waals surface area contributed by atoms with E-state index in [1.54, 1.807) is 0 Å². The number of nitrogens with zero attached hydrogens (tertiary/aromatic N) is 1. The third kappa shape index (κ3) is 6.84. The fourth-order valence-electron chi connectivity index (χ4n) is 3.54. The smallest absolute Gasteiger partial charge is 0.410 e. The Labute approximate surface area is 148 Å². The SMILES string of the molecule is C=CCC(C1CCC(CO)CC1)N(CCCC)C(=O)OC(C)(C)C. The van der Waals surface area contributed by atoms with Gasteiger partial charge in [0, 0.05) is 19.2 Å². The summed E-state index contributed by atoms with van der Waals surface area (Å²) in [5.74, 6) is 0.895. The van der Waals surface area contributed by atoms with Crippen molar-refractivity contribution in [2.24, 2.45) is 11.8 Å². The lowest BCUT2D eigenvalue weighted by atomic mass is 9.77. The lowest BCUT2D eigenvalue weighted by Gasteiger charge is -2.40. The fourth-order valence-corrected chi connectivity index (χ4v) is 3.54. The van der Waals surface area contributed by atoms with Gasteiger partial charge in [0.2, 0.25) is 0 Å². The molecule has 1 rings (SSSR count). The molecule has 0 aliphatic heterocycles. The molecule has 1 amide bonds. The first-order chi connectivity index (χ1) is 11.3. The van der Waals surface area contributed by atoms with E-state index < -0.39 is 5.60 Å². The number of hydrogen-bond acceptors (Lipinski definition) is 3. The van der Waals surface area contributed by atoms with Crippen LogP contribution in [-0.4, -0.2) is 40.9 Å². The molecule has 1 N–H and O–H groups in total. The van der Waals surface area contributed by atoms with E-state index in [4.69, 9.17) is 4.74 Å². The molecule has 0 spiro atoms. The Morgan fingerprint density at radius 3 is 2.42 bits per heavy atom. The Hall–Kier alpha value is -1.03. The van der Waals surface area contributed by atoms with Gasteiger partial charge in [-0.15, -0.1) is 6.58 Å². The fraction of sp³-hybridized carbons (Fsp3) is 0.850. The van der Waals surface area contributed by atoms with Crippen molar-refractivity contribution < 1.29 is 14.6 Å². The van der Waals surface area contributed by atoms with E-state index in [9.17, 15) is 9.90 Å². The lowest BCUT2D eigenvalue weighted by Crippen LogP contribution is -2.48.